The highest BCUT2D eigenvalue weighted by molar-refractivity contribution is 4.96. The lowest BCUT2D eigenvalue weighted by atomic mass is 9.90. The summed E-state index contributed by atoms with van der Waals surface area (Å²) in [4.78, 5) is 4.39. The molecule has 0 saturated heterocycles. The van der Waals surface area contributed by atoms with Crippen LogP contribution in [0.5, 0.6) is 0 Å². The minimum Gasteiger partial charge on any atom is -0.338 e. The van der Waals surface area contributed by atoms with E-state index in [0.717, 1.165) is 12.2 Å². The summed E-state index contributed by atoms with van der Waals surface area (Å²) in [6.45, 7) is 0. The SMILES string of the molecule is Cn1ccnc1CC(NN)C1CCCCCC1. The Morgan fingerprint density at radius 2 is 2.12 bits per heavy atom. The molecule has 0 amide bonds. The number of aromatic nitrogens is 2. The third-order valence-electron chi connectivity index (χ3n) is 4.01. The van der Waals surface area contributed by atoms with Gasteiger partial charge < -0.3 is 4.57 Å². The number of hydrogen-bond donors (Lipinski definition) is 2. The van der Waals surface area contributed by atoms with Gasteiger partial charge in [-0.15, -0.1) is 0 Å². The second kappa shape index (κ2) is 6.17. The summed E-state index contributed by atoms with van der Waals surface area (Å²) in [5.74, 6) is 7.56. The number of rotatable bonds is 4. The van der Waals surface area contributed by atoms with Crippen LogP contribution in [0.1, 0.15) is 44.3 Å². The second-order valence-corrected chi connectivity index (χ2v) is 5.18. The largest absolute Gasteiger partial charge is 0.338 e. The van der Waals surface area contributed by atoms with Gasteiger partial charge in [-0.1, -0.05) is 25.7 Å². The average molecular weight is 236 g/mol. The van der Waals surface area contributed by atoms with Crippen molar-refractivity contribution in [2.75, 3.05) is 0 Å². The Balaban J connectivity index is 1.97. The van der Waals surface area contributed by atoms with Gasteiger partial charge in [-0.3, -0.25) is 11.3 Å². The molecule has 1 aromatic rings. The van der Waals surface area contributed by atoms with Crippen molar-refractivity contribution in [2.24, 2.45) is 18.8 Å². The smallest absolute Gasteiger partial charge is 0.109 e. The Bertz CT molecular complexity index is 326. The first-order valence-corrected chi connectivity index (χ1v) is 6.73. The fourth-order valence-corrected chi connectivity index (χ4v) is 2.86. The molecule has 0 radical (unpaired) electrons. The van der Waals surface area contributed by atoms with Crippen LogP contribution in [0, 0.1) is 5.92 Å². The van der Waals surface area contributed by atoms with E-state index >= 15 is 0 Å². The van der Waals surface area contributed by atoms with Gasteiger partial charge >= 0.3 is 0 Å². The van der Waals surface area contributed by atoms with Crippen molar-refractivity contribution >= 4 is 0 Å². The molecule has 0 bridgehead atoms. The van der Waals surface area contributed by atoms with Crippen molar-refractivity contribution in [1.82, 2.24) is 15.0 Å². The maximum atomic E-state index is 5.73. The molecule has 0 spiro atoms. The van der Waals surface area contributed by atoms with Gasteiger partial charge in [-0.25, -0.2) is 4.98 Å². The fraction of sp³-hybridized carbons (Fsp3) is 0.769. The fourth-order valence-electron chi connectivity index (χ4n) is 2.86. The number of aryl methyl sites for hydroxylation is 1. The number of nitrogens with two attached hydrogens (primary N) is 1. The van der Waals surface area contributed by atoms with Crippen LogP contribution in [0.3, 0.4) is 0 Å². The molecule has 1 aromatic heterocycles. The highest BCUT2D eigenvalue weighted by Gasteiger charge is 2.23. The number of hydrazine groups is 1. The van der Waals surface area contributed by atoms with Crippen LogP contribution in [-0.4, -0.2) is 15.6 Å². The van der Waals surface area contributed by atoms with E-state index in [0.29, 0.717) is 12.0 Å². The first-order chi connectivity index (χ1) is 8.31. The minimum atomic E-state index is 0.370. The number of nitrogens with one attached hydrogen (secondary N) is 1. The lowest BCUT2D eigenvalue weighted by Crippen LogP contribution is -2.42. The summed E-state index contributed by atoms with van der Waals surface area (Å²) in [6, 6.07) is 0.370. The molecule has 3 N–H and O–H groups in total. The van der Waals surface area contributed by atoms with E-state index in [1.165, 1.54) is 38.5 Å². The van der Waals surface area contributed by atoms with Crippen LogP contribution in [0.2, 0.25) is 0 Å². The highest BCUT2D eigenvalue weighted by Crippen LogP contribution is 2.26. The quantitative estimate of drug-likeness (QED) is 0.476. The summed E-state index contributed by atoms with van der Waals surface area (Å²) in [5, 5.41) is 0. The molecule has 2 rings (SSSR count). The van der Waals surface area contributed by atoms with E-state index in [1.54, 1.807) is 0 Å². The van der Waals surface area contributed by atoms with Crippen LogP contribution >= 0.6 is 0 Å². The zero-order chi connectivity index (χ0) is 12.1. The summed E-state index contributed by atoms with van der Waals surface area (Å²) >= 11 is 0. The lowest BCUT2D eigenvalue weighted by Gasteiger charge is -2.25. The molecular weight excluding hydrogens is 212 g/mol. The summed E-state index contributed by atoms with van der Waals surface area (Å²) in [5.41, 5.74) is 3.01. The van der Waals surface area contributed by atoms with Crippen LogP contribution in [0.4, 0.5) is 0 Å². The van der Waals surface area contributed by atoms with Crippen molar-refractivity contribution in [3.05, 3.63) is 18.2 Å². The van der Waals surface area contributed by atoms with Gasteiger partial charge in [-0.2, -0.15) is 0 Å². The van der Waals surface area contributed by atoms with Crippen molar-refractivity contribution in [3.63, 3.8) is 0 Å². The van der Waals surface area contributed by atoms with E-state index < -0.39 is 0 Å². The molecule has 1 fully saturated rings. The Kier molecular flexibility index (Phi) is 4.57. The molecule has 4 nitrogen and oxygen atoms in total. The van der Waals surface area contributed by atoms with Gasteiger partial charge in [0.25, 0.3) is 0 Å². The third kappa shape index (κ3) is 3.30. The molecule has 1 aliphatic carbocycles. The monoisotopic (exact) mass is 236 g/mol. The van der Waals surface area contributed by atoms with Crippen LogP contribution < -0.4 is 11.3 Å². The molecule has 0 aromatic carbocycles. The summed E-state index contributed by atoms with van der Waals surface area (Å²) < 4.78 is 2.08. The zero-order valence-corrected chi connectivity index (χ0v) is 10.7. The Labute approximate surface area is 104 Å². The van der Waals surface area contributed by atoms with Gasteiger partial charge in [0.05, 0.1) is 0 Å². The van der Waals surface area contributed by atoms with Gasteiger partial charge in [0.15, 0.2) is 0 Å². The topological polar surface area (TPSA) is 55.9 Å². The van der Waals surface area contributed by atoms with E-state index in [2.05, 4.69) is 15.0 Å². The number of nitrogens with zero attached hydrogens (tertiary/aromatic N) is 2. The van der Waals surface area contributed by atoms with E-state index in [-0.39, 0.29) is 0 Å². The standard InChI is InChI=1S/C13H24N4/c1-17-9-8-15-13(17)10-12(16-14)11-6-4-2-3-5-7-11/h8-9,11-12,16H,2-7,10,14H2,1H3. The van der Waals surface area contributed by atoms with Crippen molar-refractivity contribution < 1.29 is 0 Å². The average Bonchev–Trinajstić information content (AvgIpc) is 2.58. The first-order valence-electron chi connectivity index (χ1n) is 6.73. The predicted octanol–water partition coefficient (Wildman–Crippen LogP) is 1.76. The third-order valence-corrected chi connectivity index (χ3v) is 4.01. The zero-order valence-electron chi connectivity index (χ0n) is 10.7. The maximum Gasteiger partial charge on any atom is 0.109 e. The van der Waals surface area contributed by atoms with Crippen molar-refractivity contribution in [2.45, 2.75) is 51.0 Å². The van der Waals surface area contributed by atoms with Gasteiger partial charge in [0.1, 0.15) is 5.82 Å². The Hall–Kier alpha value is -0.870. The highest BCUT2D eigenvalue weighted by atomic mass is 15.2. The molecule has 96 valence electrons. The van der Waals surface area contributed by atoms with Crippen molar-refractivity contribution in [1.29, 1.82) is 0 Å². The van der Waals surface area contributed by atoms with E-state index in [9.17, 15) is 0 Å². The van der Waals surface area contributed by atoms with Gasteiger partial charge in [0.2, 0.25) is 0 Å². The molecule has 1 aliphatic rings. The maximum absolute atomic E-state index is 5.73. The molecule has 4 heteroatoms. The van der Waals surface area contributed by atoms with Crippen molar-refractivity contribution in [3.8, 4) is 0 Å². The number of imidazole rings is 1. The van der Waals surface area contributed by atoms with Gasteiger partial charge in [0, 0.05) is 31.9 Å². The Morgan fingerprint density at radius 1 is 1.41 bits per heavy atom. The van der Waals surface area contributed by atoms with E-state index in [4.69, 9.17) is 5.84 Å². The van der Waals surface area contributed by atoms with Crippen LogP contribution in [-0.2, 0) is 13.5 Å². The predicted molar refractivity (Wildman–Crippen MR) is 69.2 cm³/mol. The lowest BCUT2D eigenvalue weighted by molar-refractivity contribution is 0.315. The molecule has 0 aliphatic heterocycles. The normalized spacial score (nSPS) is 20.1. The molecule has 17 heavy (non-hydrogen) atoms. The first kappa shape index (κ1) is 12.6. The molecule has 1 unspecified atom stereocenters. The minimum absolute atomic E-state index is 0.370. The molecular formula is C13H24N4. The summed E-state index contributed by atoms with van der Waals surface area (Å²) in [6.07, 6.45) is 12.9. The number of hydrogen-bond acceptors (Lipinski definition) is 3. The Morgan fingerprint density at radius 3 is 2.65 bits per heavy atom. The second-order valence-electron chi connectivity index (χ2n) is 5.18. The van der Waals surface area contributed by atoms with Gasteiger partial charge in [-0.05, 0) is 18.8 Å². The van der Waals surface area contributed by atoms with Crippen LogP contribution in [0.25, 0.3) is 0 Å². The summed E-state index contributed by atoms with van der Waals surface area (Å²) in [7, 11) is 2.04. The molecule has 1 heterocycles. The van der Waals surface area contributed by atoms with E-state index in [1.807, 2.05) is 19.4 Å². The molecule has 1 atom stereocenters. The van der Waals surface area contributed by atoms with Crippen LogP contribution in [0.15, 0.2) is 12.4 Å². The molecule has 1 saturated carbocycles.